The van der Waals surface area contributed by atoms with Crippen molar-refractivity contribution in [2.45, 2.75) is 19.4 Å². The lowest BCUT2D eigenvalue weighted by atomic mass is 10.1. The van der Waals surface area contributed by atoms with E-state index in [1.807, 2.05) is 6.07 Å². The first-order valence-electron chi connectivity index (χ1n) is 6.17. The van der Waals surface area contributed by atoms with Gasteiger partial charge in [-0.2, -0.15) is 0 Å². The van der Waals surface area contributed by atoms with Crippen LogP contribution >= 0.6 is 0 Å². The van der Waals surface area contributed by atoms with Crippen molar-refractivity contribution in [3.63, 3.8) is 0 Å². The second kappa shape index (κ2) is 5.33. The average molecular weight is 274 g/mol. The van der Waals surface area contributed by atoms with Gasteiger partial charge in [-0.1, -0.05) is 24.3 Å². The summed E-state index contributed by atoms with van der Waals surface area (Å²) in [4.78, 5) is 11.1. The van der Waals surface area contributed by atoms with Crippen molar-refractivity contribution in [1.29, 1.82) is 0 Å². The lowest BCUT2D eigenvalue weighted by molar-refractivity contribution is -0.152. The molecule has 0 aliphatic rings. The molecule has 0 heterocycles. The Morgan fingerprint density at radius 1 is 1.10 bits per heavy atom. The number of hydrogen-bond acceptors (Lipinski definition) is 2. The highest BCUT2D eigenvalue weighted by atomic mass is 19.1. The number of benzene rings is 2. The molecule has 0 amide bonds. The molecule has 2 aromatic carbocycles. The van der Waals surface area contributed by atoms with Gasteiger partial charge in [0.2, 0.25) is 0 Å². The summed E-state index contributed by atoms with van der Waals surface area (Å²) >= 11 is 0. The standard InChI is InChI=1S/C16H15FO3/c1-16(2,15(18)19)20-14-5-3-4-12(10-14)11-6-8-13(17)9-7-11/h3-10H,1-2H3,(H,18,19). The molecule has 1 N–H and O–H groups in total. The lowest BCUT2D eigenvalue weighted by Gasteiger charge is -2.21. The lowest BCUT2D eigenvalue weighted by Crippen LogP contribution is -2.37. The van der Waals surface area contributed by atoms with Gasteiger partial charge in [0, 0.05) is 0 Å². The van der Waals surface area contributed by atoms with E-state index in [9.17, 15) is 9.18 Å². The minimum Gasteiger partial charge on any atom is -0.478 e. The first-order valence-corrected chi connectivity index (χ1v) is 6.17. The van der Waals surface area contributed by atoms with Crippen LogP contribution in [0.4, 0.5) is 4.39 Å². The van der Waals surface area contributed by atoms with Gasteiger partial charge in [-0.3, -0.25) is 0 Å². The molecular formula is C16H15FO3. The van der Waals surface area contributed by atoms with Crippen LogP contribution in [0.3, 0.4) is 0 Å². The van der Waals surface area contributed by atoms with E-state index in [4.69, 9.17) is 9.84 Å². The Bertz CT molecular complexity index is 618. The molecule has 0 atom stereocenters. The second-order valence-corrected chi connectivity index (χ2v) is 4.95. The van der Waals surface area contributed by atoms with Crippen LogP contribution < -0.4 is 4.74 Å². The van der Waals surface area contributed by atoms with Crippen molar-refractivity contribution in [2.24, 2.45) is 0 Å². The smallest absolute Gasteiger partial charge is 0.347 e. The van der Waals surface area contributed by atoms with E-state index in [0.717, 1.165) is 11.1 Å². The number of carboxylic acid groups (broad SMARTS) is 1. The monoisotopic (exact) mass is 274 g/mol. The van der Waals surface area contributed by atoms with E-state index in [1.54, 1.807) is 30.3 Å². The van der Waals surface area contributed by atoms with Gasteiger partial charge >= 0.3 is 5.97 Å². The first-order chi connectivity index (χ1) is 9.38. The maximum atomic E-state index is 12.9. The van der Waals surface area contributed by atoms with Crippen LogP contribution in [0.5, 0.6) is 5.75 Å². The molecule has 0 saturated heterocycles. The van der Waals surface area contributed by atoms with E-state index in [0.29, 0.717) is 5.75 Å². The van der Waals surface area contributed by atoms with Crippen LogP contribution in [0.2, 0.25) is 0 Å². The summed E-state index contributed by atoms with van der Waals surface area (Å²) in [5.74, 6) is -0.878. The molecule has 0 fully saturated rings. The summed E-state index contributed by atoms with van der Waals surface area (Å²) in [7, 11) is 0. The molecule has 4 heteroatoms. The quantitative estimate of drug-likeness (QED) is 0.924. The van der Waals surface area contributed by atoms with Crippen LogP contribution in [0.15, 0.2) is 48.5 Å². The highest BCUT2D eigenvalue weighted by molar-refractivity contribution is 5.77. The van der Waals surface area contributed by atoms with Gasteiger partial charge in [0.25, 0.3) is 0 Å². The van der Waals surface area contributed by atoms with Crippen molar-refractivity contribution >= 4 is 5.97 Å². The largest absolute Gasteiger partial charge is 0.478 e. The fraction of sp³-hybridized carbons (Fsp3) is 0.188. The van der Waals surface area contributed by atoms with Crippen molar-refractivity contribution < 1.29 is 19.0 Å². The van der Waals surface area contributed by atoms with Crippen LogP contribution in [-0.2, 0) is 4.79 Å². The predicted octanol–water partition coefficient (Wildman–Crippen LogP) is 3.73. The summed E-state index contributed by atoms with van der Waals surface area (Å²) in [5.41, 5.74) is 0.371. The molecule has 0 aromatic heterocycles. The van der Waals surface area contributed by atoms with Gasteiger partial charge in [0.1, 0.15) is 11.6 Å². The number of rotatable bonds is 4. The summed E-state index contributed by atoms with van der Waals surface area (Å²) in [6, 6.07) is 13.1. The van der Waals surface area contributed by atoms with Crippen LogP contribution in [0.25, 0.3) is 11.1 Å². The minimum atomic E-state index is -1.30. The Morgan fingerprint density at radius 3 is 2.35 bits per heavy atom. The number of aliphatic carboxylic acids is 1. The first kappa shape index (κ1) is 14.1. The molecule has 0 bridgehead atoms. The number of hydrogen-bond donors (Lipinski definition) is 1. The zero-order chi connectivity index (χ0) is 14.8. The third-order valence-corrected chi connectivity index (χ3v) is 2.90. The fourth-order valence-corrected chi connectivity index (χ4v) is 1.72. The van der Waals surface area contributed by atoms with Gasteiger partial charge in [-0.05, 0) is 49.2 Å². The fourth-order valence-electron chi connectivity index (χ4n) is 1.72. The Hall–Kier alpha value is -2.36. The van der Waals surface area contributed by atoms with Crippen molar-refractivity contribution in [3.05, 3.63) is 54.3 Å². The maximum Gasteiger partial charge on any atom is 0.347 e. The Balaban J connectivity index is 2.29. The highest BCUT2D eigenvalue weighted by Gasteiger charge is 2.29. The summed E-state index contributed by atoms with van der Waals surface area (Å²) in [6.07, 6.45) is 0. The third kappa shape index (κ3) is 3.15. The van der Waals surface area contributed by atoms with Gasteiger partial charge in [-0.25, -0.2) is 9.18 Å². The molecule has 0 spiro atoms. The van der Waals surface area contributed by atoms with E-state index in [-0.39, 0.29) is 5.82 Å². The van der Waals surface area contributed by atoms with Gasteiger partial charge < -0.3 is 9.84 Å². The molecule has 104 valence electrons. The van der Waals surface area contributed by atoms with Gasteiger partial charge in [-0.15, -0.1) is 0 Å². The second-order valence-electron chi connectivity index (χ2n) is 4.95. The molecule has 0 saturated carbocycles. The van der Waals surface area contributed by atoms with Crippen molar-refractivity contribution in [1.82, 2.24) is 0 Å². The number of carboxylic acids is 1. The minimum absolute atomic E-state index is 0.298. The van der Waals surface area contributed by atoms with Gasteiger partial charge in [0.05, 0.1) is 0 Å². The average Bonchev–Trinajstić information content (AvgIpc) is 2.39. The molecule has 0 aliphatic heterocycles. The molecule has 3 nitrogen and oxygen atoms in total. The highest BCUT2D eigenvalue weighted by Crippen LogP contribution is 2.26. The van der Waals surface area contributed by atoms with Crippen LogP contribution in [0, 0.1) is 5.82 Å². The predicted molar refractivity (Wildman–Crippen MR) is 74.2 cm³/mol. The molecule has 20 heavy (non-hydrogen) atoms. The summed E-state index contributed by atoms with van der Waals surface area (Å²) < 4.78 is 18.4. The van der Waals surface area contributed by atoms with Crippen molar-refractivity contribution in [3.8, 4) is 16.9 Å². The number of carbonyl (C=O) groups is 1. The SMILES string of the molecule is CC(C)(Oc1cccc(-c2ccc(F)cc2)c1)C(=O)O. The Labute approximate surface area is 116 Å². The summed E-state index contributed by atoms with van der Waals surface area (Å²) in [6.45, 7) is 2.97. The number of halogens is 1. The molecule has 2 aromatic rings. The molecule has 0 unspecified atom stereocenters. The molecule has 0 aliphatic carbocycles. The molecule has 0 radical (unpaired) electrons. The topological polar surface area (TPSA) is 46.5 Å². The van der Waals surface area contributed by atoms with Crippen molar-refractivity contribution in [2.75, 3.05) is 0 Å². The zero-order valence-corrected chi connectivity index (χ0v) is 11.3. The molecular weight excluding hydrogens is 259 g/mol. The van der Waals surface area contributed by atoms with Crippen LogP contribution in [0.1, 0.15) is 13.8 Å². The number of ether oxygens (including phenoxy) is 1. The van der Waals surface area contributed by atoms with E-state index in [2.05, 4.69) is 0 Å². The summed E-state index contributed by atoms with van der Waals surface area (Å²) in [5, 5.41) is 9.05. The van der Waals surface area contributed by atoms with E-state index >= 15 is 0 Å². The Morgan fingerprint density at radius 2 is 1.75 bits per heavy atom. The van der Waals surface area contributed by atoms with E-state index < -0.39 is 11.6 Å². The van der Waals surface area contributed by atoms with Crippen LogP contribution in [-0.4, -0.2) is 16.7 Å². The maximum absolute atomic E-state index is 12.9. The van der Waals surface area contributed by atoms with Gasteiger partial charge in [0.15, 0.2) is 5.60 Å². The van der Waals surface area contributed by atoms with E-state index in [1.165, 1.54) is 26.0 Å². The zero-order valence-electron chi connectivity index (χ0n) is 11.3. The normalized spacial score (nSPS) is 11.2. The Kier molecular flexibility index (Phi) is 3.74. The third-order valence-electron chi connectivity index (χ3n) is 2.90. The molecule has 2 rings (SSSR count).